The van der Waals surface area contributed by atoms with Crippen molar-refractivity contribution >= 4 is 0 Å². The molecule has 3 heteroatoms. The van der Waals surface area contributed by atoms with Gasteiger partial charge in [0.1, 0.15) is 5.60 Å². The molecule has 10 atom stereocenters. The highest BCUT2D eigenvalue weighted by atomic mass is 16.4. The van der Waals surface area contributed by atoms with E-state index in [1.165, 1.54) is 19.3 Å². The minimum atomic E-state index is -1.01. The third kappa shape index (κ3) is 2.54. The van der Waals surface area contributed by atoms with Crippen molar-refractivity contribution in [2.24, 2.45) is 50.7 Å². The van der Waals surface area contributed by atoms with Crippen LogP contribution in [-0.4, -0.2) is 32.6 Å². The topological polar surface area (TPSA) is 60.7 Å². The zero-order valence-corrected chi connectivity index (χ0v) is 22.8. The van der Waals surface area contributed by atoms with E-state index in [0.29, 0.717) is 11.8 Å². The molecule has 5 fully saturated rings. The van der Waals surface area contributed by atoms with Crippen LogP contribution in [0.2, 0.25) is 0 Å². The van der Waals surface area contributed by atoms with Crippen LogP contribution in [-0.2, 0) is 0 Å². The Labute approximate surface area is 203 Å². The third-order valence-corrected chi connectivity index (χ3v) is 14.1. The molecule has 0 saturated heterocycles. The molecule has 0 bridgehead atoms. The molecule has 0 spiro atoms. The van der Waals surface area contributed by atoms with Crippen molar-refractivity contribution in [1.82, 2.24) is 0 Å². The minimum absolute atomic E-state index is 0.0290. The number of aliphatic hydroxyl groups is 3. The summed E-state index contributed by atoms with van der Waals surface area (Å²) in [6, 6.07) is 0. The minimum Gasteiger partial charge on any atom is -0.393 e. The quantitative estimate of drug-likeness (QED) is 0.428. The first-order valence-electron chi connectivity index (χ1n) is 14.2. The molecular formula is C30H52O3. The van der Waals surface area contributed by atoms with Crippen LogP contribution in [0.5, 0.6) is 0 Å². The van der Waals surface area contributed by atoms with E-state index in [0.717, 1.165) is 44.9 Å². The Morgan fingerprint density at radius 2 is 1.21 bits per heavy atom. The average molecular weight is 461 g/mol. The third-order valence-electron chi connectivity index (χ3n) is 14.1. The second-order valence-electron chi connectivity index (χ2n) is 15.4. The highest BCUT2D eigenvalue weighted by molar-refractivity contribution is 5.27. The number of fused-ring (bicyclic) bond motifs is 7. The highest BCUT2D eigenvalue weighted by Gasteiger charge is 2.77. The molecule has 3 nitrogen and oxygen atoms in total. The Morgan fingerprint density at radius 3 is 1.85 bits per heavy atom. The van der Waals surface area contributed by atoms with Crippen LogP contribution in [0, 0.1) is 50.7 Å². The lowest BCUT2D eigenvalue weighted by Gasteiger charge is -2.74. The van der Waals surface area contributed by atoms with Crippen LogP contribution in [0.1, 0.15) is 120 Å². The van der Waals surface area contributed by atoms with Crippen molar-refractivity contribution in [3.8, 4) is 0 Å². The molecule has 3 N–H and O–H groups in total. The SMILES string of the molecule is CC(C)[C@]1(O)CC[C@]2(C)CC[C@]3(C)[C@H](CC[C@@H]4[C@@]5(C)CC[C@H](O)C(C)(C)[C@@H]5CC[C@]43C)[C@]21O. The fraction of sp³-hybridized carbons (Fsp3) is 1.00. The average Bonchev–Trinajstić information content (AvgIpc) is 2.94. The molecule has 190 valence electrons. The van der Waals surface area contributed by atoms with Crippen LogP contribution in [0.25, 0.3) is 0 Å². The second kappa shape index (κ2) is 6.80. The Kier molecular flexibility index (Phi) is 5.06. The first-order chi connectivity index (χ1) is 15.0. The van der Waals surface area contributed by atoms with Crippen LogP contribution < -0.4 is 0 Å². The normalized spacial score (nSPS) is 60.0. The first-order valence-corrected chi connectivity index (χ1v) is 14.2. The molecule has 5 rings (SSSR count). The van der Waals surface area contributed by atoms with Gasteiger partial charge in [-0.3, -0.25) is 0 Å². The lowest BCUT2D eigenvalue weighted by atomic mass is 9.31. The van der Waals surface area contributed by atoms with Crippen molar-refractivity contribution in [1.29, 1.82) is 0 Å². The number of hydrogen-bond donors (Lipinski definition) is 3. The molecule has 0 aromatic carbocycles. The molecule has 0 aromatic heterocycles. The Morgan fingerprint density at radius 1 is 0.636 bits per heavy atom. The zero-order chi connectivity index (χ0) is 24.5. The standard InChI is InChI=1S/C30H52O3/c1-19(2)29(32)18-16-25(5)15-17-28(8)22(30(25,29)33)10-9-21-26(6)13-12-23(31)24(3,4)20(26)11-14-27(21,28)7/h19-23,31-33H,9-18H2,1-8H3/t20-,21+,22-,23-,25-,26-,27+,28+,29+,30-/m0/s1. The molecule has 0 aliphatic heterocycles. The van der Waals surface area contributed by atoms with Gasteiger partial charge in [0.15, 0.2) is 0 Å². The molecule has 0 heterocycles. The van der Waals surface area contributed by atoms with Crippen LogP contribution >= 0.6 is 0 Å². The molecule has 5 saturated carbocycles. The maximum absolute atomic E-state index is 12.8. The Bertz CT molecular complexity index is 821. The van der Waals surface area contributed by atoms with Gasteiger partial charge in [-0.25, -0.2) is 0 Å². The Balaban J connectivity index is 1.60. The number of rotatable bonds is 1. The summed E-state index contributed by atoms with van der Waals surface area (Å²) in [6.07, 6.45) is 10.3. The molecule has 5 aliphatic carbocycles. The molecule has 0 radical (unpaired) electrons. The predicted octanol–water partition coefficient (Wildman–Crippen LogP) is 6.33. The molecular weight excluding hydrogens is 408 g/mol. The summed E-state index contributed by atoms with van der Waals surface area (Å²) in [5.74, 6) is 1.40. The van der Waals surface area contributed by atoms with Gasteiger partial charge in [0, 0.05) is 0 Å². The summed E-state index contributed by atoms with van der Waals surface area (Å²) in [5, 5.41) is 35.7. The van der Waals surface area contributed by atoms with Gasteiger partial charge in [-0.05, 0) is 115 Å². The maximum atomic E-state index is 12.8. The monoisotopic (exact) mass is 460 g/mol. The second-order valence-corrected chi connectivity index (χ2v) is 15.4. The summed E-state index contributed by atoms with van der Waals surface area (Å²) in [4.78, 5) is 0. The van der Waals surface area contributed by atoms with Gasteiger partial charge in [-0.1, -0.05) is 55.4 Å². The van der Waals surface area contributed by atoms with Crippen LogP contribution in [0.4, 0.5) is 0 Å². The lowest BCUT2D eigenvalue weighted by Crippen LogP contribution is -2.74. The number of hydrogen-bond acceptors (Lipinski definition) is 3. The van der Waals surface area contributed by atoms with Crippen molar-refractivity contribution in [2.75, 3.05) is 0 Å². The lowest BCUT2D eigenvalue weighted by molar-refractivity contribution is -0.314. The fourth-order valence-electron chi connectivity index (χ4n) is 11.7. The fourth-order valence-corrected chi connectivity index (χ4v) is 11.7. The van der Waals surface area contributed by atoms with Gasteiger partial charge < -0.3 is 15.3 Å². The van der Waals surface area contributed by atoms with E-state index in [-0.39, 0.29) is 45.0 Å². The van der Waals surface area contributed by atoms with Gasteiger partial charge in [0.05, 0.1) is 11.7 Å². The van der Waals surface area contributed by atoms with Crippen molar-refractivity contribution in [3.05, 3.63) is 0 Å². The van der Waals surface area contributed by atoms with E-state index in [1.54, 1.807) is 0 Å². The molecule has 33 heavy (non-hydrogen) atoms. The largest absolute Gasteiger partial charge is 0.393 e. The summed E-state index contributed by atoms with van der Waals surface area (Å²) in [5.41, 5.74) is -1.76. The smallest absolute Gasteiger partial charge is 0.102 e. The van der Waals surface area contributed by atoms with E-state index in [1.807, 2.05) is 0 Å². The van der Waals surface area contributed by atoms with Gasteiger partial charge >= 0.3 is 0 Å². The van der Waals surface area contributed by atoms with Gasteiger partial charge in [-0.15, -0.1) is 0 Å². The summed E-state index contributed by atoms with van der Waals surface area (Å²) < 4.78 is 0. The van der Waals surface area contributed by atoms with E-state index < -0.39 is 11.2 Å². The first kappa shape index (κ1) is 24.6. The van der Waals surface area contributed by atoms with Crippen molar-refractivity contribution in [3.63, 3.8) is 0 Å². The van der Waals surface area contributed by atoms with E-state index in [4.69, 9.17) is 0 Å². The molecule has 0 aromatic rings. The van der Waals surface area contributed by atoms with E-state index in [2.05, 4.69) is 55.4 Å². The molecule has 0 amide bonds. The van der Waals surface area contributed by atoms with Crippen molar-refractivity contribution < 1.29 is 15.3 Å². The summed E-state index contributed by atoms with van der Waals surface area (Å²) >= 11 is 0. The molecule has 5 aliphatic rings. The zero-order valence-electron chi connectivity index (χ0n) is 22.8. The molecule has 0 unspecified atom stereocenters. The maximum Gasteiger partial charge on any atom is 0.102 e. The van der Waals surface area contributed by atoms with Gasteiger partial charge in [0.2, 0.25) is 0 Å². The summed E-state index contributed by atoms with van der Waals surface area (Å²) in [7, 11) is 0. The van der Waals surface area contributed by atoms with Crippen LogP contribution in [0.3, 0.4) is 0 Å². The highest BCUT2D eigenvalue weighted by Crippen LogP contribution is 2.78. The number of aliphatic hydroxyl groups excluding tert-OH is 1. The predicted molar refractivity (Wildman–Crippen MR) is 134 cm³/mol. The Hall–Kier alpha value is -0.120. The van der Waals surface area contributed by atoms with Crippen molar-refractivity contribution in [2.45, 2.75) is 137 Å². The van der Waals surface area contributed by atoms with Gasteiger partial charge in [-0.2, -0.15) is 0 Å². The van der Waals surface area contributed by atoms with Gasteiger partial charge in [0.25, 0.3) is 0 Å². The van der Waals surface area contributed by atoms with Crippen LogP contribution in [0.15, 0.2) is 0 Å². The van der Waals surface area contributed by atoms with E-state index >= 15 is 0 Å². The van der Waals surface area contributed by atoms with E-state index in [9.17, 15) is 15.3 Å². The summed E-state index contributed by atoms with van der Waals surface area (Å²) in [6.45, 7) is 18.8.